The number of allylic oxidation sites excluding steroid dienone is 2. The van der Waals surface area contributed by atoms with E-state index in [4.69, 9.17) is 0 Å². The SMILES string of the molecule is C/C=C(\[C@@H](CC)C(C)(C)CC)S(=O)(=O)c1ccccc1. The molecule has 0 N–H and O–H groups in total. The Morgan fingerprint density at radius 2 is 1.75 bits per heavy atom. The van der Waals surface area contributed by atoms with E-state index in [9.17, 15) is 8.42 Å². The summed E-state index contributed by atoms with van der Waals surface area (Å²) in [6.07, 6.45) is 3.55. The van der Waals surface area contributed by atoms with Gasteiger partial charge in [0, 0.05) is 4.91 Å². The highest BCUT2D eigenvalue weighted by molar-refractivity contribution is 7.95. The zero-order valence-corrected chi connectivity index (χ0v) is 14.0. The van der Waals surface area contributed by atoms with Crippen LogP contribution in [-0.2, 0) is 9.84 Å². The van der Waals surface area contributed by atoms with Crippen LogP contribution >= 0.6 is 0 Å². The molecule has 0 radical (unpaired) electrons. The van der Waals surface area contributed by atoms with Crippen LogP contribution in [0.3, 0.4) is 0 Å². The Kier molecular flexibility index (Phi) is 5.58. The molecule has 1 aromatic carbocycles. The Bertz CT molecular complexity index is 554. The van der Waals surface area contributed by atoms with Crippen LogP contribution in [0.2, 0.25) is 0 Å². The van der Waals surface area contributed by atoms with Crippen molar-refractivity contribution in [3.63, 3.8) is 0 Å². The van der Waals surface area contributed by atoms with Gasteiger partial charge in [-0.15, -0.1) is 0 Å². The van der Waals surface area contributed by atoms with Crippen LogP contribution in [-0.4, -0.2) is 8.42 Å². The maximum Gasteiger partial charge on any atom is 0.202 e. The number of hydrogen-bond acceptors (Lipinski definition) is 2. The quantitative estimate of drug-likeness (QED) is 0.753. The van der Waals surface area contributed by atoms with Gasteiger partial charge in [0.2, 0.25) is 9.84 Å². The molecule has 0 saturated carbocycles. The van der Waals surface area contributed by atoms with Gasteiger partial charge >= 0.3 is 0 Å². The average molecular weight is 294 g/mol. The fourth-order valence-electron chi connectivity index (χ4n) is 2.66. The van der Waals surface area contributed by atoms with Crippen LogP contribution in [0.4, 0.5) is 0 Å². The van der Waals surface area contributed by atoms with Gasteiger partial charge in [-0.25, -0.2) is 8.42 Å². The fraction of sp³-hybridized carbons (Fsp3) is 0.529. The summed E-state index contributed by atoms with van der Waals surface area (Å²) in [6, 6.07) is 8.72. The fourth-order valence-corrected chi connectivity index (χ4v) is 4.62. The standard InChI is InChI=1S/C17H26O2S/c1-6-15(17(4,5)8-3)16(7-2)20(18,19)14-12-10-9-11-13-14/h7,9-13,15H,6,8H2,1-5H3/b16-7+/t15-/m1/s1. The highest BCUT2D eigenvalue weighted by Crippen LogP contribution is 2.41. The van der Waals surface area contributed by atoms with E-state index in [2.05, 4.69) is 27.7 Å². The van der Waals surface area contributed by atoms with Crippen molar-refractivity contribution in [2.75, 3.05) is 0 Å². The van der Waals surface area contributed by atoms with Gasteiger partial charge in [0.25, 0.3) is 0 Å². The molecule has 1 atom stereocenters. The van der Waals surface area contributed by atoms with Gasteiger partial charge in [-0.3, -0.25) is 0 Å². The Morgan fingerprint density at radius 1 is 1.20 bits per heavy atom. The molecule has 1 aromatic rings. The summed E-state index contributed by atoms with van der Waals surface area (Å²) < 4.78 is 25.7. The molecule has 0 amide bonds. The molecule has 0 unspecified atom stereocenters. The minimum Gasteiger partial charge on any atom is -0.219 e. The molecule has 0 aromatic heterocycles. The van der Waals surface area contributed by atoms with E-state index in [-0.39, 0.29) is 11.3 Å². The molecule has 3 heteroatoms. The van der Waals surface area contributed by atoms with Crippen LogP contribution in [0, 0.1) is 11.3 Å². The topological polar surface area (TPSA) is 34.1 Å². The van der Waals surface area contributed by atoms with E-state index in [1.54, 1.807) is 30.3 Å². The molecule has 0 saturated heterocycles. The molecule has 0 spiro atoms. The second-order valence-corrected chi connectivity index (χ2v) is 7.76. The van der Waals surface area contributed by atoms with E-state index >= 15 is 0 Å². The van der Waals surface area contributed by atoms with Crippen molar-refractivity contribution in [1.82, 2.24) is 0 Å². The average Bonchev–Trinajstić information content (AvgIpc) is 2.44. The second-order valence-electron chi connectivity index (χ2n) is 5.81. The zero-order valence-electron chi connectivity index (χ0n) is 13.2. The lowest BCUT2D eigenvalue weighted by Gasteiger charge is -2.34. The molecule has 0 fully saturated rings. The van der Waals surface area contributed by atoms with E-state index in [0.29, 0.717) is 9.80 Å². The van der Waals surface area contributed by atoms with E-state index in [1.165, 1.54) is 0 Å². The summed E-state index contributed by atoms with van der Waals surface area (Å²) >= 11 is 0. The summed E-state index contributed by atoms with van der Waals surface area (Å²) in [5.74, 6) is 0.0442. The number of sulfone groups is 1. The lowest BCUT2D eigenvalue weighted by atomic mass is 9.75. The van der Waals surface area contributed by atoms with Crippen molar-refractivity contribution in [2.24, 2.45) is 11.3 Å². The zero-order chi connectivity index (χ0) is 15.4. The largest absolute Gasteiger partial charge is 0.219 e. The lowest BCUT2D eigenvalue weighted by molar-refractivity contribution is 0.237. The van der Waals surface area contributed by atoms with Gasteiger partial charge in [0.05, 0.1) is 4.90 Å². The summed E-state index contributed by atoms with van der Waals surface area (Å²) in [7, 11) is -3.39. The third-order valence-corrected chi connectivity index (χ3v) is 6.29. The van der Waals surface area contributed by atoms with Crippen LogP contribution in [0.5, 0.6) is 0 Å². The predicted octanol–water partition coefficient (Wildman–Crippen LogP) is 4.83. The normalized spacial score (nSPS) is 15.2. The van der Waals surface area contributed by atoms with E-state index in [1.807, 2.05) is 13.0 Å². The monoisotopic (exact) mass is 294 g/mol. The molecule has 20 heavy (non-hydrogen) atoms. The predicted molar refractivity (Wildman–Crippen MR) is 85.2 cm³/mol. The minimum atomic E-state index is -3.39. The number of benzene rings is 1. The van der Waals surface area contributed by atoms with Crippen LogP contribution in [0.15, 0.2) is 46.2 Å². The first-order chi connectivity index (χ1) is 9.31. The van der Waals surface area contributed by atoms with Gasteiger partial charge in [-0.1, -0.05) is 58.4 Å². The summed E-state index contributed by atoms with van der Waals surface area (Å²) in [4.78, 5) is 0.941. The molecule has 2 nitrogen and oxygen atoms in total. The number of rotatable bonds is 6. The summed E-state index contributed by atoms with van der Waals surface area (Å²) in [5, 5.41) is 0. The Labute approximate surface area is 123 Å². The smallest absolute Gasteiger partial charge is 0.202 e. The molecule has 0 aliphatic heterocycles. The van der Waals surface area contributed by atoms with E-state index < -0.39 is 9.84 Å². The maximum absolute atomic E-state index is 12.9. The van der Waals surface area contributed by atoms with Crippen LogP contribution in [0.25, 0.3) is 0 Å². The van der Waals surface area contributed by atoms with Crippen molar-refractivity contribution in [3.8, 4) is 0 Å². The van der Waals surface area contributed by atoms with Crippen LogP contribution in [0.1, 0.15) is 47.5 Å². The van der Waals surface area contributed by atoms with Gasteiger partial charge < -0.3 is 0 Å². The molecule has 112 valence electrons. The Hall–Kier alpha value is -1.09. The van der Waals surface area contributed by atoms with Gasteiger partial charge in [0.15, 0.2) is 0 Å². The highest BCUT2D eigenvalue weighted by Gasteiger charge is 2.35. The summed E-state index contributed by atoms with van der Waals surface area (Å²) in [5.41, 5.74) is -0.0293. The highest BCUT2D eigenvalue weighted by atomic mass is 32.2. The third kappa shape index (κ3) is 3.32. The van der Waals surface area contributed by atoms with Crippen molar-refractivity contribution >= 4 is 9.84 Å². The molecular formula is C17H26O2S. The van der Waals surface area contributed by atoms with Crippen molar-refractivity contribution in [2.45, 2.75) is 52.4 Å². The van der Waals surface area contributed by atoms with Gasteiger partial charge in [-0.2, -0.15) is 0 Å². The first-order valence-corrected chi connectivity index (χ1v) is 8.75. The maximum atomic E-state index is 12.9. The Balaban J connectivity index is 3.33. The molecular weight excluding hydrogens is 268 g/mol. The molecule has 0 aliphatic carbocycles. The van der Waals surface area contributed by atoms with Gasteiger partial charge in [-0.05, 0) is 36.8 Å². The summed E-state index contributed by atoms with van der Waals surface area (Å²) in [6.45, 7) is 10.3. The van der Waals surface area contributed by atoms with Gasteiger partial charge in [0.1, 0.15) is 0 Å². The van der Waals surface area contributed by atoms with Crippen molar-refractivity contribution < 1.29 is 8.42 Å². The second kappa shape index (κ2) is 6.57. The first kappa shape index (κ1) is 17.0. The first-order valence-electron chi connectivity index (χ1n) is 7.27. The van der Waals surface area contributed by atoms with Crippen LogP contribution < -0.4 is 0 Å². The molecule has 0 heterocycles. The van der Waals surface area contributed by atoms with Crippen molar-refractivity contribution in [3.05, 3.63) is 41.3 Å². The lowest BCUT2D eigenvalue weighted by Crippen LogP contribution is -2.28. The van der Waals surface area contributed by atoms with E-state index in [0.717, 1.165) is 12.8 Å². The number of hydrogen-bond donors (Lipinski definition) is 0. The third-order valence-electron chi connectivity index (χ3n) is 4.25. The molecule has 0 aliphatic rings. The van der Waals surface area contributed by atoms with Crippen molar-refractivity contribution in [1.29, 1.82) is 0 Å². The molecule has 0 bridgehead atoms. The minimum absolute atomic E-state index is 0.0293. The molecule has 1 rings (SSSR count). The Morgan fingerprint density at radius 3 is 2.15 bits per heavy atom.